The molecule has 0 aromatic carbocycles. The number of aromatic nitrogens is 6. The van der Waals surface area contributed by atoms with E-state index in [-0.39, 0.29) is 0 Å². The predicted molar refractivity (Wildman–Crippen MR) is 87.5 cm³/mol. The van der Waals surface area contributed by atoms with E-state index in [0.717, 1.165) is 23.0 Å². The van der Waals surface area contributed by atoms with E-state index in [2.05, 4.69) is 30.1 Å². The van der Waals surface area contributed by atoms with Crippen molar-refractivity contribution in [3.63, 3.8) is 0 Å². The molecule has 0 radical (unpaired) electrons. The molecule has 0 fully saturated rings. The number of hydrogen-bond acceptors (Lipinski definition) is 5. The van der Waals surface area contributed by atoms with Gasteiger partial charge in [0.15, 0.2) is 0 Å². The third-order valence-electron chi connectivity index (χ3n) is 3.70. The highest BCUT2D eigenvalue weighted by Gasteiger charge is 2.14. The van der Waals surface area contributed by atoms with Gasteiger partial charge in [0.2, 0.25) is 5.95 Å². The maximum Gasteiger partial charge on any atom is 0.213 e. The van der Waals surface area contributed by atoms with Crippen LogP contribution in [0.4, 0.5) is 4.39 Å². The third kappa shape index (κ3) is 2.50. The maximum atomic E-state index is 13.5. The molecule has 0 spiro atoms. The van der Waals surface area contributed by atoms with Gasteiger partial charge < -0.3 is 0 Å². The van der Waals surface area contributed by atoms with Crippen LogP contribution in [0.15, 0.2) is 42.9 Å². The van der Waals surface area contributed by atoms with E-state index in [4.69, 9.17) is 0 Å². The summed E-state index contributed by atoms with van der Waals surface area (Å²) >= 11 is 0. The molecule has 0 aliphatic rings. The SMILES string of the molecule is CCc1cncc(-c2cc3[nH]ncc3c(-c3cccc(F)n3)n2)n1. The molecule has 0 aliphatic carbocycles. The zero-order chi connectivity index (χ0) is 16.5. The fourth-order valence-electron chi connectivity index (χ4n) is 2.51. The molecule has 0 bridgehead atoms. The molecule has 1 N–H and O–H groups in total. The van der Waals surface area contributed by atoms with Crippen molar-refractivity contribution >= 4 is 10.9 Å². The zero-order valence-electron chi connectivity index (χ0n) is 12.9. The van der Waals surface area contributed by atoms with Gasteiger partial charge >= 0.3 is 0 Å². The summed E-state index contributed by atoms with van der Waals surface area (Å²) in [5.41, 5.74) is 3.95. The highest BCUT2D eigenvalue weighted by molar-refractivity contribution is 5.93. The van der Waals surface area contributed by atoms with Gasteiger partial charge in [-0.3, -0.25) is 10.1 Å². The van der Waals surface area contributed by atoms with Crippen molar-refractivity contribution in [2.45, 2.75) is 13.3 Å². The van der Waals surface area contributed by atoms with Crippen molar-refractivity contribution in [1.29, 1.82) is 0 Å². The number of H-pyrrole nitrogens is 1. The minimum Gasteiger partial charge on any atom is -0.278 e. The van der Waals surface area contributed by atoms with Crippen LogP contribution in [0.5, 0.6) is 0 Å². The van der Waals surface area contributed by atoms with E-state index in [1.807, 2.05) is 13.0 Å². The van der Waals surface area contributed by atoms with E-state index in [1.165, 1.54) is 6.07 Å². The van der Waals surface area contributed by atoms with E-state index in [1.54, 1.807) is 30.7 Å². The maximum absolute atomic E-state index is 13.5. The van der Waals surface area contributed by atoms with Gasteiger partial charge in [-0.25, -0.2) is 15.0 Å². The molecular formula is C17H13FN6. The van der Waals surface area contributed by atoms with Crippen molar-refractivity contribution in [1.82, 2.24) is 30.1 Å². The monoisotopic (exact) mass is 320 g/mol. The number of aryl methyl sites for hydroxylation is 1. The first-order chi connectivity index (χ1) is 11.7. The molecule has 6 nitrogen and oxygen atoms in total. The molecule has 4 aromatic rings. The summed E-state index contributed by atoms with van der Waals surface area (Å²) in [4.78, 5) is 17.3. The first-order valence-corrected chi connectivity index (χ1v) is 7.53. The lowest BCUT2D eigenvalue weighted by atomic mass is 10.1. The third-order valence-corrected chi connectivity index (χ3v) is 3.70. The molecule has 0 saturated carbocycles. The van der Waals surface area contributed by atoms with Crippen LogP contribution in [-0.2, 0) is 6.42 Å². The van der Waals surface area contributed by atoms with Crippen molar-refractivity contribution < 1.29 is 4.39 Å². The molecule has 118 valence electrons. The van der Waals surface area contributed by atoms with Gasteiger partial charge in [-0.05, 0) is 24.6 Å². The topological polar surface area (TPSA) is 80.2 Å². The van der Waals surface area contributed by atoms with Crippen LogP contribution in [0.1, 0.15) is 12.6 Å². The average molecular weight is 320 g/mol. The van der Waals surface area contributed by atoms with Gasteiger partial charge in [0.25, 0.3) is 0 Å². The second kappa shape index (κ2) is 5.77. The quantitative estimate of drug-likeness (QED) is 0.586. The van der Waals surface area contributed by atoms with Gasteiger partial charge in [-0.15, -0.1) is 0 Å². The normalized spacial score (nSPS) is 11.1. The lowest BCUT2D eigenvalue weighted by molar-refractivity contribution is 0.585. The van der Waals surface area contributed by atoms with Gasteiger partial charge in [-0.1, -0.05) is 13.0 Å². The molecule has 0 atom stereocenters. The van der Waals surface area contributed by atoms with Gasteiger partial charge in [-0.2, -0.15) is 9.49 Å². The Bertz CT molecular complexity index is 1030. The molecular weight excluding hydrogens is 307 g/mol. The highest BCUT2D eigenvalue weighted by atomic mass is 19.1. The summed E-state index contributed by atoms with van der Waals surface area (Å²) in [6.07, 6.45) is 5.83. The number of nitrogens with zero attached hydrogens (tertiary/aromatic N) is 5. The molecule has 4 heterocycles. The Kier molecular flexibility index (Phi) is 3.45. The van der Waals surface area contributed by atoms with Crippen LogP contribution in [0, 0.1) is 5.95 Å². The van der Waals surface area contributed by atoms with Crippen LogP contribution in [0.25, 0.3) is 33.7 Å². The minimum atomic E-state index is -0.552. The second-order valence-corrected chi connectivity index (χ2v) is 5.28. The summed E-state index contributed by atoms with van der Waals surface area (Å²) in [6, 6.07) is 6.48. The summed E-state index contributed by atoms with van der Waals surface area (Å²) in [6.45, 7) is 2.02. The lowest BCUT2D eigenvalue weighted by Crippen LogP contribution is -1.97. The summed E-state index contributed by atoms with van der Waals surface area (Å²) in [5.74, 6) is -0.552. The number of rotatable bonds is 3. The van der Waals surface area contributed by atoms with Gasteiger partial charge in [0.05, 0.1) is 35.0 Å². The molecule has 24 heavy (non-hydrogen) atoms. The van der Waals surface area contributed by atoms with Gasteiger partial charge in [0.1, 0.15) is 11.4 Å². The summed E-state index contributed by atoms with van der Waals surface area (Å²) in [7, 11) is 0. The van der Waals surface area contributed by atoms with Crippen LogP contribution >= 0.6 is 0 Å². The lowest BCUT2D eigenvalue weighted by Gasteiger charge is -2.07. The number of halogens is 1. The van der Waals surface area contributed by atoms with E-state index < -0.39 is 5.95 Å². The summed E-state index contributed by atoms with van der Waals surface area (Å²) in [5, 5.41) is 7.75. The fraction of sp³-hybridized carbons (Fsp3) is 0.118. The average Bonchev–Trinajstić information content (AvgIpc) is 3.09. The van der Waals surface area contributed by atoms with Crippen LogP contribution in [0.3, 0.4) is 0 Å². The standard InChI is InChI=1S/C17H13FN6/c1-2-10-7-19-9-15(21-10)14-6-13-11(8-20-24-13)17(23-14)12-4-3-5-16(18)22-12/h3-9H,2H2,1H3,(H,20,24). The van der Waals surface area contributed by atoms with Crippen molar-refractivity contribution in [2.75, 3.05) is 0 Å². The number of pyridine rings is 2. The van der Waals surface area contributed by atoms with E-state index in [0.29, 0.717) is 22.8 Å². The summed E-state index contributed by atoms with van der Waals surface area (Å²) < 4.78 is 13.5. The van der Waals surface area contributed by atoms with Crippen LogP contribution in [0.2, 0.25) is 0 Å². The Morgan fingerprint density at radius 3 is 2.75 bits per heavy atom. The largest absolute Gasteiger partial charge is 0.278 e. The van der Waals surface area contributed by atoms with Crippen molar-refractivity contribution in [3.05, 3.63) is 54.5 Å². The number of hydrogen-bond donors (Lipinski definition) is 1. The van der Waals surface area contributed by atoms with E-state index >= 15 is 0 Å². The molecule has 4 aromatic heterocycles. The first kappa shape index (κ1) is 14.4. The van der Waals surface area contributed by atoms with Gasteiger partial charge in [0, 0.05) is 11.6 Å². The molecule has 4 rings (SSSR count). The van der Waals surface area contributed by atoms with Crippen molar-refractivity contribution in [3.8, 4) is 22.8 Å². The number of nitrogens with one attached hydrogen (secondary N) is 1. The second-order valence-electron chi connectivity index (χ2n) is 5.28. The Labute approximate surface area is 136 Å². The fourth-order valence-corrected chi connectivity index (χ4v) is 2.51. The molecule has 0 amide bonds. The molecule has 7 heteroatoms. The van der Waals surface area contributed by atoms with Crippen molar-refractivity contribution in [2.24, 2.45) is 0 Å². The highest BCUT2D eigenvalue weighted by Crippen LogP contribution is 2.28. The number of aromatic amines is 1. The molecule has 0 aliphatic heterocycles. The molecule has 0 saturated heterocycles. The zero-order valence-corrected chi connectivity index (χ0v) is 12.9. The Morgan fingerprint density at radius 1 is 1.00 bits per heavy atom. The predicted octanol–water partition coefficient (Wildman–Crippen LogP) is 3.18. The molecule has 0 unspecified atom stereocenters. The Morgan fingerprint density at radius 2 is 1.92 bits per heavy atom. The van der Waals surface area contributed by atoms with Crippen LogP contribution < -0.4 is 0 Å². The van der Waals surface area contributed by atoms with E-state index in [9.17, 15) is 4.39 Å². The minimum absolute atomic E-state index is 0.447. The number of fused-ring (bicyclic) bond motifs is 1. The Hall–Kier alpha value is -3.22. The smallest absolute Gasteiger partial charge is 0.213 e. The van der Waals surface area contributed by atoms with Crippen LogP contribution in [-0.4, -0.2) is 30.1 Å². The Balaban J connectivity index is 1.95. The first-order valence-electron chi connectivity index (χ1n) is 7.53.